The minimum Gasteiger partial charge on any atom is -0.463 e. The van der Waals surface area contributed by atoms with Crippen molar-refractivity contribution in [3.8, 4) is 0 Å². The fourth-order valence-electron chi connectivity index (χ4n) is 6.08. The van der Waals surface area contributed by atoms with E-state index >= 15 is 0 Å². The highest BCUT2D eigenvalue weighted by molar-refractivity contribution is 5.89. The normalized spacial score (nSPS) is 11.4. The number of esters is 2. The van der Waals surface area contributed by atoms with Crippen LogP contribution in [-0.4, -0.2) is 171 Å². The maximum Gasteiger partial charge on any atom is 0.338 e. The van der Waals surface area contributed by atoms with Gasteiger partial charge in [-0.2, -0.15) is 0 Å². The van der Waals surface area contributed by atoms with Gasteiger partial charge in [-0.25, -0.2) is 4.79 Å². The minimum absolute atomic E-state index is 0.135. The van der Waals surface area contributed by atoms with Crippen LogP contribution in [0, 0.1) is 0 Å². The van der Waals surface area contributed by atoms with Gasteiger partial charge in [-0.15, -0.1) is 0 Å². The fourth-order valence-corrected chi connectivity index (χ4v) is 6.08. The summed E-state index contributed by atoms with van der Waals surface area (Å²) in [5, 5.41) is 0. The molecule has 0 saturated carbocycles. The van der Waals surface area contributed by atoms with Crippen LogP contribution < -0.4 is 0 Å². The first-order valence-corrected chi connectivity index (χ1v) is 24.5. The molecule has 0 saturated heterocycles. The zero-order valence-corrected chi connectivity index (χ0v) is 39.8. The van der Waals surface area contributed by atoms with E-state index < -0.39 is 0 Å². The summed E-state index contributed by atoms with van der Waals surface area (Å²) in [6.45, 7) is 12.9. The van der Waals surface area contributed by atoms with E-state index in [1.807, 2.05) is 6.07 Å². The van der Waals surface area contributed by atoms with Crippen molar-refractivity contribution >= 4 is 11.9 Å². The molecule has 1 aromatic rings. The van der Waals surface area contributed by atoms with Gasteiger partial charge >= 0.3 is 11.9 Å². The van der Waals surface area contributed by atoms with Crippen LogP contribution >= 0.6 is 0 Å². The van der Waals surface area contributed by atoms with E-state index in [-0.39, 0.29) is 25.2 Å². The Bertz CT molecular complexity index is 1080. The van der Waals surface area contributed by atoms with E-state index in [2.05, 4.69) is 6.92 Å². The Balaban J connectivity index is 1.63. The Hall–Kier alpha value is -2.28. The highest BCUT2D eigenvalue weighted by atomic mass is 16.6. The van der Waals surface area contributed by atoms with E-state index in [1.54, 1.807) is 24.3 Å². The van der Waals surface area contributed by atoms with Crippen LogP contribution in [-0.2, 0) is 66.4 Å². The molecule has 15 nitrogen and oxygen atoms in total. The zero-order chi connectivity index (χ0) is 45.7. The van der Waals surface area contributed by atoms with Gasteiger partial charge in [0.1, 0.15) is 13.2 Å². The molecule has 0 amide bonds. The van der Waals surface area contributed by atoms with Gasteiger partial charge < -0.3 is 61.6 Å². The molecule has 0 radical (unpaired) electrons. The number of unbranched alkanes of at least 4 members (excludes halogenated alkanes) is 14. The van der Waals surface area contributed by atoms with Crippen LogP contribution in [0.2, 0.25) is 0 Å². The van der Waals surface area contributed by atoms with Gasteiger partial charge in [0.15, 0.2) is 0 Å². The smallest absolute Gasteiger partial charge is 0.338 e. The molecule has 0 atom stereocenters. The summed E-state index contributed by atoms with van der Waals surface area (Å²) in [4.78, 5) is 23.7. The van der Waals surface area contributed by atoms with Gasteiger partial charge in [-0.05, 0) is 18.6 Å². The van der Waals surface area contributed by atoms with Gasteiger partial charge in [0.2, 0.25) is 0 Å². The molecule has 1 aromatic carbocycles. The predicted molar refractivity (Wildman–Crippen MR) is 246 cm³/mol. The molecule has 64 heavy (non-hydrogen) atoms. The fraction of sp³-hybridized carbons (Fsp3) is 0.837. The number of rotatable bonds is 53. The van der Waals surface area contributed by atoms with Gasteiger partial charge in [0.05, 0.1) is 151 Å². The maximum absolute atomic E-state index is 11.9. The Labute approximate surface area is 386 Å². The second-order valence-electron chi connectivity index (χ2n) is 15.2. The largest absolute Gasteiger partial charge is 0.463 e. The van der Waals surface area contributed by atoms with Crippen LogP contribution in [0.4, 0.5) is 0 Å². The van der Waals surface area contributed by atoms with Crippen molar-refractivity contribution in [1.29, 1.82) is 0 Å². The van der Waals surface area contributed by atoms with Gasteiger partial charge in [-0.1, -0.05) is 115 Å². The van der Waals surface area contributed by atoms with E-state index in [4.69, 9.17) is 61.6 Å². The first kappa shape index (κ1) is 59.7. The minimum atomic E-state index is -0.359. The Kier molecular flexibility index (Phi) is 48.3. The molecular formula is C49H88O15. The molecule has 0 N–H and O–H groups in total. The predicted octanol–water partition coefficient (Wildman–Crippen LogP) is 7.83. The number of ether oxygens (including phenoxy) is 13. The van der Waals surface area contributed by atoms with Gasteiger partial charge in [-0.3, -0.25) is 4.79 Å². The lowest BCUT2D eigenvalue weighted by Gasteiger charge is -2.09. The first-order valence-electron chi connectivity index (χ1n) is 24.5. The summed E-state index contributed by atoms with van der Waals surface area (Å²) >= 11 is 0. The molecule has 0 aliphatic heterocycles. The van der Waals surface area contributed by atoms with Crippen LogP contribution in [0.3, 0.4) is 0 Å². The van der Waals surface area contributed by atoms with Crippen LogP contribution in [0.15, 0.2) is 30.3 Å². The van der Waals surface area contributed by atoms with Crippen LogP contribution in [0.25, 0.3) is 0 Å². The quantitative estimate of drug-likeness (QED) is 0.0460. The first-order chi connectivity index (χ1) is 31.7. The molecule has 15 heteroatoms. The van der Waals surface area contributed by atoms with Crippen LogP contribution in [0.5, 0.6) is 0 Å². The Morgan fingerprint density at radius 3 is 0.859 bits per heavy atom. The topological polar surface area (TPSA) is 154 Å². The SMILES string of the molecule is CCCCCCCCCCCCCCCCCC(=O)OCCOCCOCCOCCOCCOCCOCCOCCOCCOCCOCCOCCOC(=O)c1ccccc1. The molecule has 0 aromatic heterocycles. The van der Waals surface area contributed by atoms with Crippen LogP contribution in [0.1, 0.15) is 120 Å². The molecule has 0 fully saturated rings. The van der Waals surface area contributed by atoms with Crippen molar-refractivity contribution in [2.75, 3.05) is 159 Å². The summed E-state index contributed by atoms with van der Waals surface area (Å²) in [5.74, 6) is -0.494. The molecule has 0 unspecified atom stereocenters. The van der Waals surface area contributed by atoms with Crippen molar-refractivity contribution in [1.82, 2.24) is 0 Å². The third-order valence-corrected chi connectivity index (χ3v) is 9.67. The standard InChI is InChI=1S/C49H88O15/c1-2-3-4-5-6-7-8-9-10-11-12-13-14-15-19-22-48(50)63-45-43-61-41-39-59-37-35-57-33-31-55-29-27-53-25-23-52-24-26-54-28-30-56-32-34-58-36-38-60-40-42-62-44-46-64-49(51)47-20-17-16-18-21-47/h16-18,20-21H,2-15,19,22-46H2,1H3. The Morgan fingerprint density at radius 1 is 0.312 bits per heavy atom. The van der Waals surface area contributed by atoms with Gasteiger partial charge in [0, 0.05) is 6.42 Å². The summed E-state index contributed by atoms with van der Waals surface area (Å²) in [6, 6.07) is 8.85. The number of benzene rings is 1. The van der Waals surface area contributed by atoms with E-state index in [0.717, 1.165) is 12.8 Å². The molecule has 0 bridgehead atoms. The lowest BCUT2D eigenvalue weighted by molar-refractivity contribution is -0.145. The second kappa shape index (κ2) is 51.7. The molecule has 0 heterocycles. The number of carbonyl (C=O) groups excluding carboxylic acids is 2. The summed E-state index contributed by atoms with van der Waals surface area (Å²) in [6.07, 6.45) is 20.2. The second-order valence-corrected chi connectivity index (χ2v) is 15.2. The highest BCUT2D eigenvalue weighted by Crippen LogP contribution is 2.14. The number of hydrogen-bond donors (Lipinski definition) is 0. The molecular weight excluding hydrogens is 829 g/mol. The summed E-state index contributed by atoms with van der Waals surface area (Å²) < 4.78 is 70.8. The maximum atomic E-state index is 11.9. The molecule has 0 aliphatic rings. The van der Waals surface area contributed by atoms with E-state index in [0.29, 0.717) is 157 Å². The Morgan fingerprint density at radius 2 is 0.562 bits per heavy atom. The van der Waals surface area contributed by atoms with Crippen molar-refractivity contribution < 1.29 is 71.2 Å². The lowest BCUT2D eigenvalue weighted by atomic mass is 10.0. The number of hydrogen-bond acceptors (Lipinski definition) is 15. The van der Waals surface area contributed by atoms with E-state index in [9.17, 15) is 9.59 Å². The average molecular weight is 917 g/mol. The lowest BCUT2D eigenvalue weighted by Crippen LogP contribution is -2.16. The average Bonchev–Trinajstić information content (AvgIpc) is 3.31. The third kappa shape index (κ3) is 46.3. The van der Waals surface area contributed by atoms with Gasteiger partial charge in [0.25, 0.3) is 0 Å². The zero-order valence-electron chi connectivity index (χ0n) is 39.8. The van der Waals surface area contributed by atoms with Crippen molar-refractivity contribution in [3.05, 3.63) is 35.9 Å². The summed E-state index contributed by atoms with van der Waals surface area (Å²) in [7, 11) is 0. The molecule has 0 aliphatic carbocycles. The monoisotopic (exact) mass is 917 g/mol. The third-order valence-electron chi connectivity index (χ3n) is 9.67. The molecule has 374 valence electrons. The van der Waals surface area contributed by atoms with Crippen molar-refractivity contribution in [2.45, 2.75) is 110 Å². The van der Waals surface area contributed by atoms with E-state index in [1.165, 1.54) is 83.5 Å². The van der Waals surface area contributed by atoms with Crippen molar-refractivity contribution in [3.63, 3.8) is 0 Å². The molecule has 1 rings (SSSR count). The number of carbonyl (C=O) groups is 2. The summed E-state index contributed by atoms with van der Waals surface area (Å²) in [5.41, 5.74) is 0.523. The molecule has 0 spiro atoms. The van der Waals surface area contributed by atoms with Crippen molar-refractivity contribution in [2.24, 2.45) is 0 Å². The highest BCUT2D eigenvalue weighted by Gasteiger charge is 2.06.